The molecular weight excluding hydrogens is 344 g/mol. The summed E-state index contributed by atoms with van der Waals surface area (Å²) in [6.07, 6.45) is 0.302. The predicted molar refractivity (Wildman–Crippen MR) is 93.4 cm³/mol. The maximum absolute atomic E-state index is 12.2. The van der Waals surface area contributed by atoms with Crippen molar-refractivity contribution in [2.45, 2.75) is 44.2 Å². The molecule has 1 fully saturated rings. The van der Waals surface area contributed by atoms with E-state index in [0.717, 1.165) is 5.56 Å². The van der Waals surface area contributed by atoms with Crippen LogP contribution >= 0.6 is 0 Å². The highest BCUT2D eigenvalue weighted by Crippen LogP contribution is 2.22. The summed E-state index contributed by atoms with van der Waals surface area (Å²) in [5.74, 6) is -0.0365. The average Bonchev–Trinajstić information content (AvgIpc) is 3.01. The highest BCUT2D eigenvalue weighted by molar-refractivity contribution is 7.86. The zero-order chi connectivity index (χ0) is 18.7. The molecule has 1 aromatic carbocycles. The van der Waals surface area contributed by atoms with Crippen molar-refractivity contribution in [3.63, 3.8) is 0 Å². The smallest absolute Gasteiger partial charge is 0.410 e. The van der Waals surface area contributed by atoms with Crippen LogP contribution in [0.4, 0.5) is 4.79 Å². The van der Waals surface area contributed by atoms with E-state index < -0.39 is 15.7 Å². The normalized spacial score (nSPS) is 18.4. The fourth-order valence-corrected chi connectivity index (χ4v) is 3.48. The molecule has 0 aromatic heterocycles. The molecule has 0 unspecified atom stereocenters. The minimum Gasteiger partial charge on any atom is -0.444 e. The van der Waals surface area contributed by atoms with Crippen molar-refractivity contribution in [1.29, 1.82) is 0 Å². The van der Waals surface area contributed by atoms with Gasteiger partial charge in [0.25, 0.3) is 10.1 Å². The molecule has 1 amide bonds. The fraction of sp³-hybridized carbons (Fsp3) is 0.588. The zero-order valence-electron chi connectivity index (χ0n) is 14.9. The van der Waals surface area contributed by atoms with Crippen LogP contribution in [0.1, 0.15) is 32.8 Å². The van der Waals surface area contributed by atoms with Crippen LogP contribution in [0.25, 0.3) is 0 Å². The molecule has 1 aromatic rings. The van der Waals surface area contributed by atoms with Crippen molar-refractivity contribution in [2.24, 2.45) is 11.7 Å². The first-order chi connectivity index (χ1) is 11.6. The summed E-state index contributed by atoms with van der Waals surface area (Å²) in [6, 6.07) is 6.30. The van der Waals surface area contributed by atoms with Gasteiger partial charge in [-0.2, -0.15) is 8.42 Å². The molecule has 25 heavy (non-hydrogen) atoms. The Morgan fingerprint density at radius 2 is 1.92 bits per heavy atom. The number of hydrogen-bond acceptors (Lipinski definition) is 6. The van der Waals surface area contributed by atoms with Crippen molar-refractivity contribution in [3.8, 4) is 0 Å². The van der Waals surface area contributed by atoms with E-state index in [-0.39, 0.29) is 23.5 Å². The van der Waals surface area contributed by atoms with Gasteiger partial charge in [-0.05, 0) is 44.9 Å². The Hall–Kier alpha value is -1.64. The molecule has 1 heterocycles. The Morgan fingerprint density at radius 1 is 1.28 bits per heavy atom. The molecule has 1 atom stereocenters. The van der Waals surface area contributed by atoms with E-state index in [0.29, 0.717) is 26.1 Å². The van der Waals surface area contributed by atoms with Gasteiger partial charge < -0.3 is 15.4 Å². The summed E-state index contributed by atoms with van der Waals surface area (Å²) in [5, 5.41) is 0. The molecule has 1 saturated heterocycles. The van der Waals surface area contributed by atoms with E-state index in [4.69, 9.17) is 14.7 Å². The number of rotatable bonds is 5. The van der Waals surface area contributed by atoms with Crippen LogP contribution in [0.15, 0.2) is 29.2 Å². The molecule has 2 rings (SSSR count). The van der Waals surface area contributed by atoms with Crippen LogP contribution in [0.2, 0.25) is 0 Å². The first kappa shape index (κ1) is 19.7. The van der Waals surface area contributed by atoms with Crippen molar-refractivity contribution in [1.82, 2.24) is 4.90 Å². The van der Waals surface area contributed by atoms with Gasteiger partial charge >= 0.3 is 6.09 Å². The van der Waals surface area contributed by atoms with E-state index in [1.807, 2.05) is 20.8 Å². The van der Waals surface area contributed by atoms with Gasteiger partial charge in [0.15, 0.2) is 0 Å². The van der Waals surface area contributed by atoms with Crippen LogP contribution in [-0.2, 0) is 25.6 Å². The highest BCUT2D eigenvalue weighted by atomic mass is 32.2. The molecule has 1 aliphatic heterocycles. The lowest BCUT2D eigenvalue weighted by Gasteiger charge is -2.24. The lowest BCUT2D eigenvalue weighted by molar-refractivity contribution is 0.0285. The third kappa shape index (κ3) is 5.69. The van der Waals surface area contributed by atoms with E-state index in [1.54, 1.807) is 17.0 Å². The second-order valence-electron chi connectivity index (χ2n) is 7.17. The third-order valence-electron chi connectivity index (χ3n) is 3.84. The number of nitrogens with zero attached hydrogens (tertiary/aromatic N) is 1. The summed E-state index contributed by atoms with van der Waals surface area (Å²) in [5.41, 5.74) is 5.80. The number of likely N-dealkylation sites (tertiary alicyclic amines) is 1. The van der Waals surface area contributed by atoms with E-state index in [1.165, 1.54) is 12.1 Å². The van der Waals surface area contributed by atoms with Crippen LogP contribution in [-0.4, -0.2) is 44.7 Å². The summed E-state index contributed by atoms with van der Waals surface area (Å²) < 4.78 is 35.0. The Bertz CT molecular complexity index is 695. The van der Waals surface area contributed by atoms with Crippen molar-refractivity contribution < 1.29 is 22.1 Å². The van der Waals surface area contributed by atoms with Gasteiger partial charge in [0, 0.05) is 25.6 Å². The second kappa shape index (κ2) is 7.72. The number of carbonyl (C=O) groups is 1. The van der Waals surface area contributed by atoms with Crippen molar-refractivity contribution in [3.05, 3.63) is 29.8 Å². The molecule has 8 heteroatoms. The topological polar surface area (TPSA) is 98.9 Å². The largest absolute Gasteiger partial charge is 0.444 e. The molecule has 0 spiro atoms. The summed E-state index contributed by atoms with van der Waals surface area (Å²) in [4.78, 5) is 13.7. The summed E-state index contributed by atoms with van der Waals surface area (Å²) in [6.45, 7) is 6.78. The first-order valence-corrected chi connectivity index (χ1v) is 9.68. The van der Waals surface area contributed by atoms with Gasteiger partial charge in [0.2, 0.25) is 0 Å². The number of hydrogen-bond donors (Lipinski definition) is 1. The van der Waals surface area contributed by atoms with Gasteiger partial charge in [0.1, 0.15) is 5.60 Å². The summed E-state index contributed by atoms with van der Waals surface area (Å²) in [7, 11) is -3.81. The van der Waals surface area contributed by atoms with Crippen LogP contribution in [0.5, 0.6) is 0 Å². The maximum atomic E-state index is 12.2. The summed E-state index contributed by atoms with van der Waals surface area (Å²) >= 11 is 0. The standard InChI is InChI=1S/C17H26N2O5S/c1-17(2,3)24-16(20)19-9-8-14(11-19)12-23-25(21,22)15-6-4-13(10-18)5-7-15/h4-7,14H,8-12,18H2,1-3H3/t14-/m0/s1. The fourth-order valence-electron chi connectivity index (χ4n) is 2.51. The Kier molecular flexibility index (Phi) is 6.08. The van der Waals surface area contributed by atoms with Crippen molar-refractivity contribution in [2.75, 3.05) is 19.7 Å². The molecular formula is C17H26N2O5S. The van der Waals surface area contributed by atoms with E-state index in [9.17, 15) is 13.2 Å². The Balaban J connectivity index is 1.88. The lowest BCUT2D eigenvalue weighted by Crippen LogP contribution is -2.35. The number of amides is 1. The van der Waals surface area contributed by atoms with Gasteiger partial charge in [-0.3, -0.25) is 4.18 Å². The molecule has 140 valence electrons. The second-order valence-corrected chi connectivity index (χ2v) is 8.78. The minimum atomic E-state index is -3.81. The predicted octanol–water partition coefficient (Wildman–Crippen LogP) is 2.11. The lowest BCUT2D eigenvalue weighted by atomic mass is 10.1. The quantitative estimate of drug-likeness (QED) is 0.797. The van der Waals surface area contributed by atoms with Gasteiger partial charge in [0.05, 0.1) is 11.5 Å². The SMILES string of the molecule is CC(C)(C)OC(=O)N1CC[C@H](COS(=O)(=O)c2ccc(CN)cc2)C1. The third-order valence-corrected chi connectivity index (χ3v) is 5.14. The molecule has 0 bridgehead atoms. The first-order valence-electron chi connectivity index (χ1n) is 8.27. The number of nitrogens with two attached hydrogens (primary N) is 1. The monoisotopic (exact) mass is 370 g/mol. The van der Waals surface area contributed by atoms with Gasteiger partial charge in [-0.25, -0.2) is 4.79 Å². The van der Waals surface area contributed by atoms with Crippen LogP contribution < -0.4 is 5.73 Å². The molecule has 1 aliphatic rings. The van der Waals surface area contributed by atoms with Gasteiger partial charge in [-0.1, -0.05) is 12.1 Å². The molecule has 2 N–H and O–H groups in total. The number of carbonyl (C=O) groups excluding carboxylic acids is 1. The zero-order valence-corrected chi connectivity index (χ0v) is 15.7. The van der Waals surface area contributed by atoms with Crippen LogP contribution in [0.3, 0.4) is 0 Å². The maximum Gasteiger partial charge on any atom is 0.410 e. The molecule has 0 aliphatic carbocycles. The molecule has 0 radical (unpaired) electrons. The number of ether oxygens (including phenoxy) is 1. The Morgan fingerprint density at radius 3 is 2.48 bits per heavy atom. The molecule has 7 nitrogen and oxygen atoms in total. The molecule has 0 saturated carbocycles. The van der Waals surface area contributed by atoms with Crippen molar-refractivity contribution >= 4 is 16.2 Å². The minimum absolute atomic E-state index is 0.0365. The van der Waals surface area contributed by atoms with Crippen LogP contribution in [0, 0.1) is 5.92 Å². The Labute approximate surface area is 149 Å². The average molecular weight is 370 g/mol. The number of benzene rings is 1. The highest BCUT2D eigenvalue weighted by Gasteiger charge is 2.31. The van der Waals surface area contributed by atoms with Gasteiger partial charge in [-0.15, -0.1) is 0 Å². The van der Waals surface area contributed by atoms with E-state index >= 15 is 0 Å². The van der Waals surface area contributed by atoms with E-state index in [2.05, 4.69) is 0 Å².